The van der Waals surface area contributed by atoms with E-state index in [1.165, 1.54) is 5.56 Å². The summed E-state index contributed by atoms with van der Waals surface area (Å²) in [6.45, 7) is 0.729. The molecule has 0 bridgehead atoms. The van der Waals surface area contributed by atoms with Crippen molar-refractivity contribution in [1.82, 2.24) is 5.32 Å². The third-order valence-electron chi connectivity index (χ3n) is 4.38. The van der Waals surface area contributed by atoms with Gasteiger partial charge in [0.25, 0.3) is 0 Å². The molecule has 1 aliphatic rings. The lowest BCUT2D eigenvalue weighted by molar-refractivity contribution is -0.125. The number of carbonyl (C=O) groups is 2. The van der Waals surface area contributed by atoms with E-state index in [4.69, 9.17) is 11.6 Å². The van der Waals surface area contributed by atoms with Crippen LogP contribution >= 0.6 is 11.6 Å². The van der Waals surface area contributed by atoms with Gasteiger partial charge < -0.3 is 10.2 Å². The minimum absolute atomic E-state index is 0.0460. The number of amides is 2. The third-order valence-corrected chi connectivity index (χ3v) is 4.62. The Kier molecular flexibility index (Phi) is 5.71. The molecule has 0 saturated heterocycles. The predicted octanol–water partition coefficient (Wildman–Crippen LogP) is 3.37. The maximum Gasteiger partial charge on any atom is 0.246 e. The quantitative estimate of drug-likeness (QED) is 0.862. The molecule has 1 N–H and O–H groups in total. The van der Waals surface area contributed by atoms with Crippen molar-refractivity contribution in [2.24, 2.45) is 0 Å². The van der Waals surface area contributed by atoms with Crippen LogP contribution in [0.2, 0.25) is 5.02 Å². The van der Waals surface area contributed by atoms with Crippen molar-refractivity contribution in [2.45, 2.75) is 25.7 Å². The molecular weight excluding hydrogens is 336 g/mol. The molecule has 4 nitrogen and oxygen atoms in total. The van der Waals surface area contributed by atoms with E-state index in [0.717, 1.165) is 30.5 Å². The number of rotatable bonds is 6. The van der Waals surface area contributed by atoms with E-state index in [2.05, 4.69) is 5.32 Å². The number of halogens is 1. The minimum atomic E-state index is -0.0946. The molecule has 130 valence electrons. The lowest BCUT2D eigenvalue weighted by Gasteiger charge is -2.17. The van der Waals surface area contributed by atoms with Gasteiger partial charge in [-0.3, -0.25) is 9.59 Å². The smallest absolute Gasteiger partial charge is 0.246 e. The van der Waals surface area contributed by atoms with Crippen LogP contribution in [0.25, 0.3) is 0 Å². The van der Waals surface area contributed by atoms with Crippen molar-refractivity contribution < 1.29 is 9.59 Å². The van der Waals surface area contributed by atoms with Crippen LogP contribution in [0, 0.1) is 0 Å². The van der Waals surface area contributed by atoms with Gasteiger partial charge in [-0.05, 0) is 48.6 Å². The number of nitrogens with one attached hydrogen (secondary N) is 1. The zero-order valence-corrected chi connectivity index (χ0v) is 14.8. The summed E-state index contributed by atoms with van der Waals surface area (Å²) >= 11 is 5.95. The molecule has 0 aliphatic carbocycles. The van der Waals surface area contributed by atoms with Crippen molar-refractivity contribution in [3.63, 3.8) is 0 Å². The van der Waals surface area contributed by atoms with Gasteiger partial charge in [-0.15, -0.1) is 0 Å². The van der Waals surface area contributed by atoms with Gasteiger partial charge in [0.15, 0.2) is 0 Å². The first-order valence-corrected chi connectivity index (χ1v) is 8.91. The normalized spacial score (nSPS) is 12.8. The van der Waals surface area contributed by atoms with Crippen molar-refractivity contribution >= 4 is 29.1 Å². The Balaban J connectivity index is 1.41. The fourth-order valence-corrected chi connectivity index (χ4v) is 3.31. The van der Waals surface area contributed by atoms with E-state index in [0.29, 0.717) is 18.0 Å². The number of aryl methyl sites for hydroxylation is 1. The summed E-state index contributed by atoms with van der Waals surface area (Å²) in [7, 11) is 0. The molecule has 25 heavy (non-hydrogen) atoms. The van der Waals surface area contributed by atoms with E-state index in [9.17, 15) is 9.59 Å². The Bertz CT molecular complexity index is 776. The number of anilines is 1. The lowest BCUT2D eigenvalue weighted by Crippen LogP contribution is -2.39. The summed E-state index contributed by atoms with van der Waals surface area (Å²) in [5.74, 6) is -0.156. The summed E-state index contributed by atoms with van der Waals surface area (Å²) < 4.78 is 0. The molecule has 0 saturated carbocycles. The van der Waals surface area contributed by atoms with E-state index in [1.54, 1.807) is 4.90 Å². The summed E-state index contributed by atoms with van der Waals surface area (Å²) in [5.41, 5.74) is 3.26. The number of hydrogen-bond donors (Lipinski definition) is 1. The lowest BCUT2D eigenvalue weighted by atomic mass is 10.1. The Morgan fingerprint density at radius 3 is 2.80 bits per heavy atom. The van der Waals surface area contributed by atoms with Gasteiger partial charge >= 0.3 is 0 Å². The second-order valence-corrected chi connectivity index (χ2v) is 6.62. The van der Waals surface area contributed by atoms with E-state index in [1.807, 2.05) is 48.5 Å². The van der Waals surface area contributed by atoms with Gasteiger partial charge in [0, 0.05) is 23.7 Å². The highest BCUT2D eigenvalue weighted by atomic mass is 35.5. The van der Waals surface area contributed by atoms with E-state index >= 15 is 0 Å². The van der Waals surface area contributed by atoms with Crippen LogP contribution in [0.15, 0.2) is 48.5 Å². The zero-order chi connectivity index (χ0) is 17.6. The standard InChI is InChI=1S/C20H21ClN2O2/c21-17-8-3-5-15(13-17)6-4-10-19(24)22-14-20(25)23-12-11-16-7-1-2-9-18(16)23/h1-3,5,7-9,13H,4,6,10-12,14H2,(H,22,24). The predicted molar refractivity (Wildman–Crippen MR) is 99.9 cm³/mol. The van der Waals surface area contributed by atoms with Crippen molar-refractivity contribution in [3.05, 3.63) is 64.7 Å². The van der Waals surface area contributed by atoms with Crippen LogP contribution < -0.4 is 10.2 Å². The first-order valence-electron chi connectivity index (χ1n) is 8.53. The minimum Gasteiger partial charge on any atom is -0.347 e. The zero-order valence-electron chi connectivity index (χ0n) is 14.0. The molecular formula is C20H21ClN2O2. The van der Waals surface area contributed by atoms with Gasteiger partial charge in [-0.2, -0.15) is 0 Å². The number of carbonyl (C=O) groups excluding carboxylic acids is 2. The number of fused-ring (bicyclic) bond motifs is 1. The molecule has 1 heterocycles. The molecule has 2 amide bonds. The average Bonchev–Trinajstić information content (AvgIpc) is 3.04. The number of nitrogens with zero attached hydrogens (tertiary/aromatic N) is 1. The molecule has 1 aliphatic heterocycles. The molecule has 2 aromatic rings. The second kappa shape index (κ2) is 8.17. The summed E-state index contributed by atoms with van der Waals surface area (Å²) in [6, 6.07) is 15.5. The highest BCUT2D eigenvalue weighted by Crippen LogP contribution is 2.27. The maximum atomic E-state index is 12.3. The van der Waals surface area contributed by atoms with Crippen molar-refractivity contribution in [1.29, 1.82) is 0 Å². The molecule has 0 spiro atoms. The van der Waals surface area contributed by atoms with Crippen molar-refractivity contribution in [3.8, 4) is 0 Å². The fourth-order valence-electron chi connectivity index (χ4n) is 3.10. The summed E-state index contributed by atoms with van der Waals surface area (Å²) in [5, 5.41) is 3.44. The molecule has 0 radical (unpaired) electrons. The second-order valence-electron chi connectivity index (χ2n) is 6.18. The Morgan fingerprint density at radius 1 is 1.12 bits per heavy atom. The Hall–Kier alpha value is -2.33. The number of hydrogen-bond acceptors (Lipinski definition) is 2. The van der Waals surface area contributed by atoms with Crippen LogP contribution in [-0.4, -0.2) is 24.9 Å². The maximum absolute atomic E-state index is 12.3. The SMILES string of the molecule is O=C(CCCc1cccc(Cl)c1)NCC(=O)N1CCc2ccccc21. The monoisotopic (exact) mass is 356 g/mol. The average molecular weight is 357 g/mol. The molecule has 5 heteroatoms. The topological polar surface area (TPSA) is 49.4 Å². The number of benzene rings is 2. The van der Waals surface area contributed by atoms with Gasteiger partial charge in [0.2, 0.25) is 11.8 Å². The van der Waals surface area contributed by atoms with Gasteiger partial charge in [-0.25, -0.2) is 0 Å². The van der Waals surface area contributed by atoms with Crippen LogP contribution in [0.3, 0.4) is 0 Å². The van der Waals surface area contributed by atoms with E-state index < -0.39 is 0 Å². The molecule has 2 aromatic carbocycles. The van der Waals surface area contributed by atoms with Crippen LogP contribution in [0.5, 0.6) is 0 Å². The van der Waals surface area contributed by atoms with Gasteiger partial charge in [-0.1, -0.05) is 41.9 Å². The first kappa shape index (κ1) is 17.5. The first-order chi connectivity index (χ1) is 12.1. The van der Waals surface area contributed by atoms with Gasteiger partial charge in [0.05, 0.1) is 6.54 Å². The molecule has 0 aromatic heterocycles. The fraction of sp³-hybridized carbons (Fsp3) is 0.300. The van der Waals surface area contributed by atoms with E-state index in [-0.39, 0.29) is 18.4 Å². The largest absolute Gasteiger partial charge is 0.347 e. The molecule has 3 rings (SSSR count). The molecule has 0 atom stereocenters. The third kappa shape index (κ3) is 4.60. The number of para-hydroxylation sites is 1. The van der Waals surface area contributed by atoms with Crippen LogP contribution in [-0.2, 0) is 22.4 Å². The Labute approximate surface area is 152 Å². The van der Waals surface area contributed by atoms with Crippen molar-refractivity contribution in [2.75, 3.05) is 18.0 Å². The highest BCUT2D eigenvalue weighted by Gasteiger charge is 2.23. The van der Waals surface area contributed by atoms with Crippen LogP contribution in [0.4, 0.5) is 5.69 Å². The summed E-state index contributed by atoms with van der Waals surface area (Å²) in [6.07, 6.45) is 2.79. The molecule has 0 fully saturated rings. The van der Waals surface area contributed by atoms with Gasteiger partial charge in [0.1, 0.15) is 0 Å². The molecule has 0 unspecified atom stereocenters. The summed E-state index contributed by atoms with van der Waals surface area (Å²) in [4.78, 5) is 26.1. The van der Waals surface area contributed by atoms with Crippen LogP contribution in [0.1, 0.15) is 24.0 Å². The Morgan fingerprint density at radius 2 is 1.96 bits per heavy atom. The highest BCUT2D eigenvalue weighted by molar-refractivity contribution is 6.30.